The molecule has 0 saturated heterocycles. The van der Waals surface area contributed by atoms with Crippen LogP contribution in [0.3, 0.4) is 0 Å². The minimum atomic E-state index is -0.554. The third kappa shape index (κ3) is 3.44. The van der Waals surface area contributed by atoms with E-state index in [1.807, 2.05) is 49.0 Å². The number of anilines is 1. The summed E-state index contributed by atoms with van der Waals surface area (Å²) in [5, 5.41) is 8.35. The van der Waals surface area contributed by atoms with E-state index >= 15 is 0 Å². The standard InChI is InChI=1S/C18H21N5O/c1-12-15-5-4-14(11-17(15)23(2)22-12)21-18(24)16(19)6-3-13-7-9-20-10-8-13/h4-5,7-11,16H,3,6,19H2,1-2H3,(H,21,24). The van der Waals surface area contributed by atoms with Crippen molar-refractivity contribution < 1.29 is 4.79 Å². The largest absolute Gasteiger partial charge is 0.325 e. The van der Waals surface area contributed by atoms with Gasteiger partial charge in [0.15, 0.2) is 0 Å². The number of carbonyl (C=O) groups is 1. The molecule has 1 atom stereocenters. The van der Waals surface area contributed by atoms with Gasteiger partial charge in [-0.1, -0.05) is 0 Å². The van der Waals surface area contributed by atoms with E-state index in [0.717, 1.165) is 34.3 Å². The van der Waals surface area contributed by atoms with Crippen molar-refractivity contribution in [1.82, 2.24) is 14.8 Å². The molecule has 1 aromatic carbocycles. The summed E-state index contributed by atoms with van der Waals surface area (Å²) in [4.78, 5) is 16.3. The maximum Gasteiger partial charge on any atom is 0.241 e. The van der Waals surface area contributed by atoms with Crippen molar-refractivity contribution in [2.75, 3.05) is 5.32 Å². The third-order valence-corrected chi connectivity index (χ3v) is 4.13. The molecular weight excluding hydrogens is 302 g/mol. The highest BCUT2D eigenvalue weighted by Crippen LogP contribution is 2.21. The Labute approximate surface area is 140 Å². The summed E-state index contributed by atoms with van der Waals surface area (Å²) in [6.45, 7) is 1.97. The fourth-order valence-electron chi connectivity index (χ4n) is 2.75. The Kier molecular flexibility index (Phi) is 4.57. The maximum absolute atomic E-state index is 12.3. The highest BCUT2D eigenvalue weighted by molar-refractivity contribution is 5.96. The van der Waals surface area contributed by atoms with Crippen LogP contribution in [0.1, 0.15) is 17.7 Å². The number of nitrogens with one attached hydrogen (secondary N) is 1. The predicted octanol–water partition coefficient (Wildman–Crippen LogP) is 2.18. The monoisotopic (exact) mass is 323 g/mol. The molecule has 3 aromatic rings. The van der Waals surface area contributed by atoms with Crippen molar-refractivity contribution >= 4 is 22.5 Å². The Morgan fingerprint density at radius 1 is 1.29 bits per heavy atom. The SMILES string of the molecule is Cc1nn(C)c2cc(NC(=O)C(N)CCc3ccncc3)ccc12. The molecule has 0 aliphatic heterocycles. The lowest BCUT2D eigenvalue weighted by Gasteiger charge is -2.12. The van der Waals surface area contributed by atoms with Crippen molar-refractivity contribution in [3.63, 3.8) is 0 Å². The fourth-order valence-corrected chi connectivity index (χ4v) is 2.75. The van der Waals surface area contributed by atoms with Crippen LogP contribution in [-0.4, -0.2) is 26.7 Å². The second-order valence-electron chi connectivity index (χ2n) is 5.93. The van der Waals surface area contributed by atoms with Gasteiger partial charge in [-0.3, -0.25) is 14.5 Å². The summed E-state index contributed by atoms with van der Waals surface area (Å²) in [5.74, 6) is -0.178. The molecule has 0 fully saturated rings. The van der Waals surface area contributed by atoms with Crippen LogP contribution >= 0.6 is 0 Å². The van der Waals surface area contributed by atoms with Crippen LogP contribution in [0.25, 0.3) is 10.9 Å². The number of amides is 1. The summed E-state index contributed by atoms with van der Waals surface area (Å²) in [7, 11) is 1.89. The Morgan fingerprint density at radius 3 is 2.79 bits per heavy atom. The summed E-state index contributed by atoms with van der Waals surface area (Å²) >= 11 is 0. The molecule has 6 nitrogen and oxygen atoms in total. The topological polar surface area (TPSA) is 85.8 Å². The molecule has 6 heteroatoms. The average Bonchev–Trinajstić information content (AvgIpc) is 2.87. The molecular formula is C18H21N5O. The van der Waals surface area contributed by atoms with E-state index in [2.05, 4.69) is 15.4 Å². The molecule has 0 aliphatic rings. The molecule has 24 heavy (non-hydrogen) atoms. The van der Waals surface area contributed by atoms with Gasteiger partial charge < -0.3 is 11.1 Å². The highest BCUT2D eigenvalue weighted by atomic mass is 16.2. The number of aromatic nitrogens is 3. The number of aryl methyl sites for hydroxylation is 3. The smallest absolute Gasteiger partial charge is 0.241 e. The summed E-state index contributed by atoms with van der Waals surface area (Å²) in [5.41, 5.74) is 9.82. The molecule has 124 valence electrons. The molecule has 2 aromatic heterocycles. The van der Waals surface area contributed by atoms with Crippen LogP contribution in [0.15, 0.2) is 42.7 Å². The number of rotatable bonds is 5. The first kappa shape index (κ1) is 16.1. The van der Waals surface area contributed by atoms with Gasteiger partial charge in [0.2, 0.25) is 5.91 Å². The van der Waals surface area contributed by atoms with Gasteiger partial charge in [0.05, 0.1) is 17.3 Å². The maximum atomic E-state index is 12.3. The minimum absolute atomic E-state index is 0.178. The van der Waals surface area contributed by atoms with E-state index in [1.54, 1.807) is 12.4 Å². The molecule has 0 spiro atoms. The predicted molar refractivity (Wildman–Crippen MR) is 94.6 cm³/mol. The number of pyridine rings is 1. The van der Waals surface area contributed by atoms with Gasteiger partial charge in [-0.2, -0.15) is 5.10 Å². The second-order valence-corrected chi connectivity index (χ2v) is 5.93. The van der Waals surface area contributed by atoms with Crippen molar-refractivity contribution in [2.24, 2.45) is 12.8 Å². The normalized spacial score (nSPS) is 12.3. The number of nitrogens with zero attached hydrogens (tertiary/aromatic N) is 3. The molecule has 3 N–H and O–H groups in total. The second kappa shape index (κ2) is 6.80. The Bertz CT molecular complexity index is 856. The van der Waals surface area contributed by atoms with Gasteiger partial charge in [-0.25, -0.2) is 0 Å². The average molecular weight is 323 g/mol. The quantitative estimate of drug-likeness (QED) is 0.753. The third-order valence-electron chi connectivity index (χ3n) is 4.13. The Hall–Kier alpha value is -2.73. The van der Waals surface area contributed by atoms with Crippen LogP contribution in [0.2, 0.25) is 0 Å². The number of hydrogen-bond donors (Lipinski definition) is 2. The Morgan fingerprint density at radius 2 is 2.04 bits per heavy atom. The summed E-state index contributed by atoms with van der Waals surface area (Å²) in [6, 6.07) is 9.08. The lowest BCUT2D eigenvalue weighted by atomic mass is 10.1. The number of nitrogens with two attached hydrogens (primary N) is 1. The molecule has 0 radical (unpaired) electrons. The van der Waals surface area contributed by atoms with Crippen LogP contribution in [0.4, 0.5) is 5.69 Å². The van der Waals surface area contributed by atoms with Gasteiger partial charge in [0, 0.05) is 30.5 Å². The first-order valence-electron chi connectivity index (χ1n) is 7.93. The van der Waals surface area contributed by atoms with E-state index in [-0.39, 0.29) is 5.91 Å². The molecule has 2 heterocycles. The first-order chi connectivity index (χ1) is 11.5. The van der Waals surface area contributed by atoms with Gasteiger partial charge >= 0.3 is 0 Å². The molecule has 0 aliphatic carbocycles. The van der Waals surface area contributed by atoms with Gasteiger partial charge in [-0.05, 0) is 55.7 Å². The van der Waals surface area contributed by atoms with Crippen molar-refractivity contribution in [2.45, 2.75) is 25.8 Å². The zero-order chi connectivity index (χ0) is 17.1. The summed E-state index contributed by atoms with van der Waals surface area (Å²) in [6.07, 6.45) is 4.82. The van der Waals surface area contributed by atoms with E-state index < -0.39 is 6.04 Å². The van der Waals surface area contributed by atoms with Crippen molar-refractivity contribution in [1.29, 1.82) is 0 Å². The lowest BCUT2D eigenvalue weighted by Crippen LogP contribution is -2.36. The zero-order valence-electron chi connectivity index (χ0n) is 13.9. The fraction of sp³-hybridized carbons (Fsp3) is 0.278. The first-order valence-corrected chi connectivity index (χ1v) is 7.93. The van der Waals surface area contributed by atoms with Gasteiger partial charge in [-0.15, -0.1) is 0 Å². The minimum Gasteiger partial charge on any atom is -0.325 e. The van der Waals surface area contributed by atoms with Crippen LogP contribution < -0.4 is 11.1 Å². The van der Waals surface area contributed by atoms with Crippen LogP contribution in [0, 0.1) is 6.92 Å². The number of fused-ring (bicyclic) bond motifs is 1. The molecule has 1 unspecified atom stereocenters. The van der Waals surface area contributed by atoms with E-state index in [9.17, 15) is 4.79 Å². The zero-order valence-corrected chi connectivity index (χ0v) is 13.9. The lowest BCUT2D eigenvalue weighted by molar-refractivity contribution is -0.117. The Balaban J connectivity index is 1.64. The molecule has 1 amide bonds. The van der Waals surface area contributed by atoms with Crippen molar-refractivity contribution in [3.8, 4) is 0 Å². The number of carbonyl (C=O) groups excluding carboxylic acids is 1. The van der Waals surface area contributed by atoms with Crippen molar-refractivity contribution in [3.05, 3.63) is 54.0 Å². The van der Waals surface area contributed by atoms with Gasteiger partial charge in [0.25, 0.3) is 0 Å². The molecule has 0 saturated carbocycles. The van der Waals surface area contributed by atoms with Crippen LogP contribution in [0.5, 0.6) is 0 Å². The number of benzene rings is 1. The van der Waals surface area contributed by atoms with E-state index in [1.165, 1.54) is 0 Å². The van der Waals surface area contributed by atoms with Crippen LogP contribution in [-0.2, 0) is 18.3 Å². The van der Waals surface area contributed by atoms with E-state index in [4.69, 9.17) is 5.73 Å². The molecule has 0 bridgehead atoms. The molecule has 3 rings (SSSR count). The summed E-state index contributed by atoms with van der Waals surface area (Å²) < 4.78 is 1.81. The van der Waals surface area contributed by atoms with Gasteiger partial charge in [0.1, 0.15) is 0 Å². The number of hydrogen-bond acceptors (Lipinski definition) is 4. The highest BCUT2D eigenvalue weighted by Gasteiger charge is 2.14. The van der Waals surface area contributed by atoms with E-state index in [0.29, 0.717) is 6.42 Å².